The predicted molar refractivity (Wildman–Crippen MR) is 59.8 cm³/mol. The molecule has 0 bridgehead atoms. The van der Waals surface area contributed by atoms with Crippen LogP contribution in [0.5, 0.6) is 17.5 Å². The minimum Gasteiger partial charge on any atom is -0.493 e. The van der Waals surface area contributed by atoms with Crippen molar-refractivity contribution < 1.29 is 9.47 Å². The van der Waals surface area contributed by atoms with Gasteiger partial charge in [0.05, 0.1) is 7.11 Å². The lowest BCUT2D eigenvalue weighted by Gasteiger charge is -2.07. The molecule has 84 valence electrons. The van der Waals surface area contributed by atoms with Crippen LogP contribution in [-0.4, -0.2) is 17.1 Å². The van der Waals surface area contributed by atoms with E-state index in [0.29, 0.717) is 11.5 Å². The molecular weight excluding hydrogens is 218 g/mol. The lowest BCUT2D eigenvalue weighted by molar-refractivity contribution is 0.368. The molecular formula is C12H9N3O2. The van der Waals surface area contributed by atoms with Crippen molar-refractivity contribution in [2.24, 2.45) is 0 Å². The van der Waals surface area contributed by atoms with Crippen LogP contribution in [0.4, 0.5) is 0 Å². The van der Waals surface area contributed by atoms with Crippen LogP contribution >= 0.6 is 0 Å². The Labute approximate surface area is 98.3 Å². The molecule has 1 aromatic carbocycles. The van der Waals surface area contributed by atoms with Gasteiger partial charge >= 0.3 is 6.01 Å². The Hall–Kier alpha value is -2.61. The van der Waals surface area contributed by atoms with E-state index in [0.717, 1.165) is 0 Å². The number of aromatic nitrogens is 2. The SMILES string of the molecule is COc1ccccc1Oc1nccc(C#N)n1. The second-order valence-corrected chi connectivity index (χ2v) is 3.09. The van der Waals surface area contributed by atoms with Gasteiger partial charge in [0.25, 0.3) is 0 Å². The maximum Gasteiger partial charge on any atom is 0.323 e. The zero-order chi connectivity index (χ0) is 12.1. The summed E-state index contributed by atoms with van der Waals surface area (Å²) in [6.45, 7) is 0. The number of benzene rings is 1. The fourth-order valence-corrected chi connectivity index (χ4v) is 1.25. The molecule has 5 nitrogen and oxygen atoms in total. The van der Waals surface area contributed by atoms with Gasteiger partial charge in [0, 0.05) is 6.20 Å². The Morgan fingerprint density at radius 3 is 2.65 bits per heavy atom. The average Bonchev–Trinajstić information content (AvgIpc) is 2.39. The minimum atomic E-state index is 0.119. The molecule has 0 unspecified atom stereocenters. The number of methoxy groups -OCH3 is 1. The average molecular weight is 227 g/mol. The van der Waals surface area contributed by atoms with E-state index in [2.05, 4.69) is 9.97 Å². The fourth-order valence-electron chi connectivity index (χ4n) is 1.25. The van der Waals surface area contributed by atoms with Crippen molar-refractivity contribution >= 4 is 0 Å². The summed E-state index contributed by atoms with van der Waals surface area (Å²) in [6, 6.07) is 10.7. The smallest absolute Gasteiger partial charge is 0.323 e. The van der Waals surface area contributed by atoms with E-state index >= 15 is 0 Å². The van der Waals surface area contributed by atoms with Crippen molar-refractivity contribution in [1.82, 2.24) is 9.97 Å². The normalized spacial score (nSPS) is 9.41. The Morgan fingerprint density at radius 1 is 1.18 bits per heavy atom. The molecule has 0 saturated carbocycles. The van der Waals surface area contributed by atoms with Gasteiger partial charge in [-0.2, -0.15) is 10.2 Å². The van der Waals surface area contributed by atoms with Gasteiger partial charge in [-0.25, -0.2) is 4.98 Å². The quantitative estimate of drug-likeness (QED) is 0.803. The van der Waals surface area contributed by atoms with Gasteiger partial charge in [0.1, 0.15) is 11.8 Å². The lowest BCUT2D eigenvalue weighted by Crippen LogP contribution is -1.95. The Bertz CT molecular complexity index is 564. The van der Waals surface area contributed by atoms with Gasteiger partial charge in [0.2, 0.25) is 0 Å². The van der Waals surface area contributed by atoms with E-state index in [4.69, 9.17) is 14.7 Å². The molecule has 0 aliphatic heterocycles. The summed E-state index contributed by atoms with van der Waals surface area (Å²) in [5, 5.41) is 8.71. The van der Waals surface area contributed by atoms with Crippen molar-refractivity contribution in [3.8, 4) is 23.6 Å². The van der Waals surface area contributed by atoms with Crippen LogP contribution in [0.1, 0.15) is 5.69 Å². The monoisotopic (exact) mass is 227 g/mol. The third-order valence-electron chi connectivity index (χ3n) is 2.02. The highest BCUT2D eigenvalue weighted by Crippen LogP contribution is 2.28. The van der Waals surface area contributed by atoms with Gasteiger partial charge in [0.15, 0.2) is 11.5 Å². The van der Waals surface area contributed by atoms with Crippen LogP contribution in [0.3, 0.4) is 0 Å². The molecule has 1 heterocycles. The first kappa shape index (κ1) is 10.9. The highest BCUT2D eigenvalue weighted by molar-refractivity contribution is 5.40. The third kappa shape index (κ3) is 2.49. The van der Waals surface area contributed by atoms with Gasteiger partial charge in [-0.1, -0.05) is 12.1 Å². The van der Waals surface area contributed by atoms with Gasteiger partial charge in [-0.3, -0.25) is 0 Å². The highest BCUT2D eigenvalue weighted by Gasteiger charge is 2.06. The van der Waals surface area contributed by atoms with E-state index in [1.54, 1.807) is 19.2 Å². The number of hydrogen-bond acceptors (Lipinski definition) is 5. The molecule has 0 spiro atoms. The summed E-state index contributed by atoms with van der Waals surface area (Å²) >= 11 is 0. The van der Waals surface area contributed by atoms with Gasteiger partial charge < -0.3 is 9.47 Å². The number of rotatable bonds is 3. The molecule has 0 N–H and O–H groups in total. The van der Waals surface area contributed by atoms with E-state index in [1.807, 2.05) is 18.2 Å². The summed E-state index contributed by atoms with van der Waals surface area (Å²) in [7, 11) is 1.55. The summed E-state index contributed by atoms with van der Waals surface area (Å²) in [6.07, 6.45) is 1.47. The molecule has 5 heteroatoms. The Balaban J connectivity index is 2.28. The minimum absolute atomic E-state index is 0.119. The first-order chi connectivity index (χ1) is 8.33. The number of ether oxygens (including phenoxy) is 2. The van der Waals surface area contributed by atoms with E-state index < -0.39 is 0 Å². The topological polar surface area (TPSA) is 68.0 Å². The van der Waals surface area contributed by atoms with Crippen LogP contribution < -0.4 is 9.47 Å². The second-order valence-electron chi connectivity index (χ2n) is 3.09. The predicted octanol–water partition coefficient (Wildman–Crippen LogP) is 2.15. The molecule has 2 aromatic rings. The zero-order valence-electron chi connectivity index (χ0n) is 9.12. The van der Waals surface area contributed by atoms with Crippen LogP contribution in [-0.2, 0) is 0 Å². The summed E-state index contributed by atoms with van der Waals surface area (Å²) in [5.41, 5.74) is 0.255. The molecule has 0 aliphatic carbocycles. The second kappa shape index (κ2) is 4.94. The lowest BCUT2D eigenvalue weighted by atomic mass is 10.3. The van der Waals surface area contributed by atoms with Crippen LogP contribution in [0.15, 0.2) is 36.5 Å². The van der Waals surface area contributed by atoms with Crippen molar-refractivity contribution in [1.29, 1.82) is 5.26 Å². The Kier molecular flexibility index (Phi) is 3.17. The molecule has 1 aromatic heterocycles. The van der Waals surface area contributed by atoms with E-state index in [-0.39, 0.29) is 11.7 Å². The standard InChI is InChI=1S/C12H9N3O2/c1-16-10-4-2-3-5-11(10)17-12-14-7-6-9(8-13)15-12/h2-7H,1H3. The van der Waals surface area contributed by atoms with Gasteiger partial charge in [-0.05, 0) is 18.2 Å². The summed E-state index contributed by atoms with van der Waals surface area (Å²) in [4.78, 5) is 7.83. The van der Waals surface area contributed by atoms with Gasteiger partial charge in [-0.15, -0.1) is 0 Å². The van der Waals surface area contributed by atoms with Crippen LogP contribution in [0.2, 0.25) is 0 Å². The number of hydrogen-bond donors (Lipinski definition) is 0. The molecule has 0 fully saturated rings. The van der Waals surface area contributed by atoms with Crippen molar-refractivity contribution in [2.45, 2.75) is 0 Å². The first-order valence-electron chi connectivity index (χ1n) is 4.87. The number of nitrogens with zero attached hydrogens (tertiary/aromatic N) is 3. The number of nitriles is 1. The van der Waals surface area contributed by atoms with Crippen LogP contribution in [0, 0.1) is 11.3 Å². The maximum absolute atomic E-state index is 8.71. The Morgan fingerprint density at radius 2 is 1.94 bits per heavy atom. The molecule has 2 rings (SSSR count). The zero-order valence-corrected chi connectivity index (χ0v) is 9.12. The van der Waals surface area contributed by atoms with Crippen molar-refractivity contribution in [3.05, 3.63) is 42.2 Å². The third-order valence-corrected chi connectivity index (χ3v) is 2.02. The summed E-state index contributed by atoms with van der Waals surface area (Å²) < 4.78 is 10.6. The maximum atomic E-state index is 8.71. The van der Waals surface area contributed by atoms with E-state index in [1.165, 1.54) is 12.3 Å². The largest absolute Gasteiger partial charge is 0.493 e. The molecule has 0 radical (unpaired) electrons. The molecule has 0 aliphatic rings. The van der Waals surface area contributed by atoms with E-state index in [9.17, 15) is 0 Å². The van der Waals surface area contributed by atoms with Crippen molar-refractivity contribution in [2.75, 3.05) is 7.11 Å². The summed E-state index contributed by atoms with van der Waals surface area (Å²) in [5.74, 6) is 1.09. The molecule has 0 amide bonds. The molecule has 0 saturated heterocycles. The van der Waals surface area contributed by atoms with Crippen molar-refractivity contribution in [3.63, 3.8) is 0 Å². The molecule has 17 heavy (non-hydrogen) atoms. The number of para-hydroxylation sites is 2. The van der Waals surface area contributed by atoms with Crippen LogP contribution in [0.25, 0.3) is 0 Å². The fraction of sp³-hybridized carbons (Fsp3) is 0.0833. The first-order valence-corrected chi connectivity index (χ1v) is 4.87. The molecule has 0 atom stereocenters. The highest BCUT2D eigenvalue weighted by atomic mass is 16.5.